The Hall–Kier alpha value is -3.06. The molecule has 0 heterocycles. The van der Waals surface area contributed by atoms with Gasteiger partial charge in [0.25, 0.3) is 11.8 Å². The topological polar surface area (TPSA) is 119 Å². The third-order valence-electron chi connectivity index (χ3n) is 4.18. The van der Waals surface area contributed by atoms with Crippen LogP contribution in [0, 0.1) is 29.9 Å². The average molecular weight is 423 g/mol. The predicted molar refractivity (Wildman–Crippen MR) is 102 cm³/mol. The molecule has 2 aromatic carbocycles. The Morgan fingerprint density at radius 3 is 2.52 bits per heavy atom. The van der Waals surface area contributed by atoms with Crippen LogP contribution in [0.25, 0.3) is 0 Å². The van der Waals surface area contributed by atoms with Gasteiger partial charge in [-0.3, -0.25) is 9.59 Å². The highest BCUT2D eigenvalue weighted by molar-refractivity contribution is 6.32. The number of nitrogens with one attached hydrogen (secondary N) is 1. The maximum absolute atomic E-state index is 13.8. The molecule has 2 atom stereocenters. The van der Waals surface area contributed by atoms with E-state index in [1.807, 2.05) is 6.07 Å². The molecule has 7 nitrogen and oxygen atoms in total. The number of amides is 2. The van der Waals surface area contributed by atoms with Crippen LogP contribution in [0.1, 0.15) is 28.4 Å². The zero-order chi connectivity index (χ0) is 21.9. The SMILES string of the molecule is Cc1c(NC(C(=O)N(N)C(=O)c2ccc(F)cc2F)C(C)O)ccc(C#N)c1Cl. The van der Waals surface area contributed by atoms with Crippen molar-refractivity contribution in [1.29, 1.82) is 5.26 Å². The summed E-state index contributed by atoms with van der Waals surface area (Å²) in [6, 6.07) is 5.60. The van der Waals surface area contributed by atoms with Crippen molar-refractivity contribution in [3.63, 3.8) is 0 Å². The first-order valence-corrected chi connectivity index (χ1v) is 8.68. The highest BCUT2D eigenvalue weighted by atomic mass is 35.5. The number of halogens is 3. The number of anilines is 1. The summed E-state index contributed by atoms with van der Waals surface area (Å²) >= 11 is 6.09. The van der Waals surface area contributed by atoms with Gasteiger partial charge >= 0.3 is 0 Å². The first-order valence-electron chi connectivity index (χ1n) is 8.30. The van der Waals surface area contributed by atoms with Crippen molar-refractivity contribution in [2.24, 2.45) is 5.84 Å². The van der Waals surface area contributed by atoms with Crippen molar-refractivity contribution in [3.05, 3.63) is 63.7 Å². The van der Waals surface area contributed by atoms with E-state index in [1.54, 1.807) is 6.92 Å². The minimum Gasteiger partial charge on any atom is -0.391 e. The second-order valence-electron chi connectivity index (χ2n) is 6.21. The standard InChI is InChI=1S/C19H17ClF2N4O3/c1-9-15(6-3-11(8-23)16(9)20)25-17(10(2)27)19(29)26(24)18(28)13-5-4-12(21)7-14(13)22/h3-7,10,17,25,27H,24H2,1-2H3. The first-order chi connectivity index (χ1) is 13.6. The number of nitrogens with two attached hydrogens (primary N) is 1. The maximum Gasteiger partial charge on any atom is 0.277 e. The van der Waals surface area contributed by atoms with Crippen molar-refractivity contribution in [2.45, 2.75) is 26.0 Å². The molecule has 0 bridgehead atoms. The zero-order valence-corrected chi connectivity index (χ0v) is 16.2. The fourth-order valence-corrected chi connectivity index (χ4v) is 2.73. The average Bonchev–Trinajstić information content (AvgIpc) is 2.67. The molecule has 0 fully saturated rings. The Morgan fingerprint density at radius 2 is 1.97 bits per heavy atom. The molecule has 10 heteroatoms. The van der Waals surface area contributed by atoms with Crippen LogP contribution >= 0.6 is 11.6 Å². The Bertz CT molecular complexity index is 1010. The Morgan fingerprint density at radius 1 is 1.31 bits per heavy atom. The van der Waals surface area contributed by atoms with Crippen molar-refractivity contribution < 1.29 is 23.5 Å². The number of carbonyl (C=O) groups is 2. The molecule has 0 saturated carbocycles. The quantitative estimate of drug-likeness (QED) is 0.387. The number of benzene rings is 2. The fraction of sp³-hybridized carbons (Fsp3) is 0.211. The molecule has 2 amide bonds. The van der Waals surface area contributed by atoms with E-state index in [2.05, 4.69) is 5.32 Å². The molecule has 0 saturated heterocycles. The van der Waals surface area contributed by atoms with E-state index in [-0.39, 0.29) is 15.6 Å². The summed E-state index contributed by atoms with van der Waals surface area (Å²) in [6.45, 7) is 2.88. The summed E-state index contributed by atoms with van der Waals surface area (Å²) in [4.78, 5) is 25.0. The largest absolute Gasteiger partial charge is 0.391 e. The second-order valence-corrected chi connectivity index (χ2v) is 6.59. The summed E-state index contributed by atoms with van der Waals surface area (Å²) in [7, 11) is 0. The molecule has 0 aromatic heterocycles. The Balaban J connectivity index is 2.31. The van der Waals surface area contributed by atoms with Crippen LogP contribution in [0.15, 0.2) is 30.3 Å². The molecule has 29 heavy (non-hydrogen) atoms. The van der Waals surface area contributed by atoms with Crippen LogP contribution in [-0.2, 0) is 4.79 Å². The number of aliphatic hydroxyl groups is 1. The minimum absolute atomic E-state index is 0.140. The van der Waals surface area contributed by atoms with Gasteiger partial charge in [-0.15, -0.1) is 0 Å². The van der Waals surface area contributed by atoms with E-state index in [1.165, 1.54) is 19.1 Å². The Labute approximate surface area is 170 Å². The lowest BCUT2D eigenvalue weighted by molar-refractivity contribution is -0.131. The van der Waals surface area contributed by atoms with Gasteiger partial charge in [-0.25, -0.2) is 19.6 Å². The number of hydrogen-bond donors (Lipinski definition) is 3. The van der Waals surface area contributed by atoms with Gasteiger partial charge in [-0.1, -0.05) is 11.6 Å². The smallest absolute Gasteiger partial charge is 0.277 e. The van der Waals surface area contributed by atoms with Crippen LogP contribution in [0.5, 0.6) is 0 Å². The van der Waals surface area contributed by atoms with Gasteiger partial charge in [0.15, 0.2) is 0 Å². The lowest BCUT2D eigenvalue weighted by atomic mass is 10.1. The Kier molecular flexibility index (Phi) is 6.87. The summed E-state index contributed by atoms with van der Waals surface area (Å²) in [5, 5.41) is 22.0. The lowest BCUT2D eigenvalue weighted by Crippen LogP contribution is -2.53. The van der Waals surface area contributed by atoms with Gasteiger partial charge in [0.1, 0.15) is 23.7 Å². The van der Waals surface area contributed by atoms with Gasteiger partial charge in [0.2, 0.25) is 0 Å². The van der Waals surface area contributed by atoms with Crippen LogP contribution in [-0.4, -0.2) is 34.1 Å². The molecule has 2 unspecified atom stereocenters. The molecule has 0 spiro atoms. The normalized spacial score (nSPS) is 12.6. The van der Waals surface area contributed by atoms with E-state index >= 15 is 0 Å². The highest BCUT2D eigenvalue weighted by Gasteiger charge is 2.32. The van der Waals surface area contributed by atoms with Crippen LogP contribution in [0.2, 0.25) is 5.02 Å². The van der Waals surface area contributed by atoms with Crippen molar-refractivity contribution in [1.82, 2.24) is 5.01 Å². The number of hydrogen-bond acceptors (Lipinski definition) is 6. The van der Waals surface area contributed by atoms with Crippen LogP contribution in [0.3, 0.4) is 0 Å². The van der Waals surface area contributed by atoms with Gasteiger partial charge < -0.3 is 10.4 Å². The van der Waals surface area contributed by atoms with Gasteiger partial charge in [-0.05, 0) is 43.7 Å². The van der Waals surface area contributed by atoms with Crippen molar-refractivity contribution in [2.75, 3.05) is 5.32 Å². The molecule has 0 aliphatic carbocycles. The highest BCUT2D eigenvalue weighted by Crippen LogP contribution is 2.28. The first kappa shape index (κ1) is 22.2. The van der Waals surface area contributed by atoms with E-state index < -0.39 is 41.2 Å². The number of rotatable bonds is 5. The van der Waals surface area contributed by atoms with Crippen LogP contribution in [0.4, 0.5) is 14.5 Å². The number of imide groups is 1. The summed E-state index contributed by atoms with van der Waals surface area (Å²) < 4.78 is 26.9. The van der Waals surface area contributed by atoms with E-state index in [0.29, 0.717) is 17.3 Å². The number of hydrazine groups is 1. The molecule has 4 N–H and O–H groups in total. The summed E-state index contributed by atoms with van der Waals surface area (Å²) in [6.07, 6.45) is -1.31. The summed E-state index contributed by atoms with van der Waals surface area (Å²) in [5.41, 5.74) is 0.368. The number of nitrogens with zero attached hydrogens (tertiary/aromatic N) is 2. The molecular formula is C19H17ClF2N4O3. The second kappa shape index (κ2) is 8.96. The predicted octanol–water partition coefficient (Wildman–Crippen LogP) is 2.50. The van der Waals surface area contributed by atoms with E-state index in [4.69, 9.17) is 22.7 Å². The van der Waals surface area contributed by atoms with E-state index in [9.17, 15) is 23.5 Å². The summed E-state index contributed by atoms with van der Waals surface area (Å²) in [5.74, 6) is 1.20. The lowest BCUT2D eigenvalue weighted by Gasteiger charge is -2.26. The third kappa shape index (κ3) is 4.68. The van der Waals surface area contributed by atoms with Gasteiger partial charge in [0, 0.05) is 11.8 Å². The van der Waals surface area contributed by atoms with Crippen molar-refractivity contribution >= 4 is 29.1 Å². The van der Waals surface area contributed by atoms with Crippen molar-refractivity contribution in [3.8, 4) is 6.07 Å². The molecule has 0 aliphatic heterocycles. The number of aliphatic hydroxyl groups excluding tert-OH is 1. The number of nitriles is 1. The van der Waals surface area contributed by atoms with Gasteiger partial charge in [0.05, 0.1) is 22.3 Å². The van der Waals surface area contributed by atoms with Crippen LogP contribution < -0.4 is 11.2 Å². The maximum atomic E-state index is 13.8. The minimum atomic E-state index is -1.39. The van der Waals surface area contributed by atoms with Gasteiger partial charge in [-0.2, -0.15) is 5.26 Å². The third-order valence-corrected chi connectivity index (χ3v) is 4.67. The number of carbonyl (C=O) groups excluding carboxylic acids is 2. The zero-order valence-electron chi connectivity index (χ0n) is 15.4. The molecule has 152 valence electrons. The molecular weight excluding hydrogens is 406 g/mol. The van der Waals surface area contributed by atoms with E-state index in [0.717, 1.165) is 12.1 Å². The molecule has 0 radical (unpaired) electrons. The molecule has 2 aromatic rings. The molecule has 0 aliphatic rings. The monoisotopic (exact) mass is 422 g/mol. The fourth-order valence-electron chi connectivity index (χ4n) is 2.53. The molecule has 2 rings (SSSR count).